The highest BCUT2D eigenvalue weighted by Crippen LogP contribution is 2.40. The lowest BCUT2D eigenvalue weighted by Crippen LogP contribution is -2.34. The average Bonchev–Trinajstić information content (AvgIpc) is 3.26. The highest BCUT2D eigenvalue weighted by molar-refractivity contribution is 6.06. The molecule has 1 heterocycles. The van der Waals surface area contributed by atoms with Crippen LogP contribution in [0.1, 0.15) is 53.9 Å². The summed E-state index contributed by atoms with van der Waals surface area (Å²) < 4.78 is 10.9. The number of fused-ring (bicyclic) bond motifs is 1. The summed E-state index contributed by atoms with van der Waals surface area (Å²) in [6, 6.07) is 12.2. The molecule has 164 valence electrons. The molecule has 2 aliphatic rings. The van der Waals surface area contributed by atoms with Crippen LogP contribution >= 0.6 is 0 Å². The Bertz CT molecular complexity index is 953. The fourth-order valence-corrected chi connectivity index (χ4v) is 4.55. The van der Waals surface area contributed by atoms with Crippen molar-refractivity contribution in [1.29, 1.82) is 0 Å². The molecule has 0 bridgehead atoms. The number of carboxylic acids is 1. The number of carbonyl (C=O) groups excluding carboxylic acids is 1. The minimum atomic E-state index is -1.02. The van der Waals surface area contributed by atoms with Gasteiger partial charge in [-0.25, -0.2) is 0 Å². The van der Waals surface area contributed by atoms with Crippen LogP contribution in [0, 0.1) is 5.92 Å². The van der Waals surface area contributed by atoms with Gasteiger partial charge in [0.25, 0.3) is 0 Å². The normalized spacial score (nSPS) is 17.7. The number of anilines is 1. The van der Waals surface area contributed by atoms with Gasteiger partial charge in [-0.15, -0.1) is 0 Å². The van der Waals surface area contributed by atoms with Crippen molar-refractivity contribution < 1.29 is 29.3 Å². The van der Waals surface area contributed by atoms with Gasteiger partial charge in [-0.2, -0.15) is 0 Å². The molecule has 7 heteroatoms. The van der Waals surface area contributed by atoms with E-state index in [-0.39, 0.29) is 25.0 Å². The first-order valence-electron chi connectivity index (χ1n) is 10.7. The van der Waals surface area contributed by atoms with E-state index in [1.807, 2.05) is 0 Å². The van der Waals surface area contributed by atoms with Crippen LogP contribution in [-0.4, -0.2) is 41.4 Å². The van der Waals surface area contributed by atoms with Crippen molar-refractivity contribution in [2.75, 3.05) is 18.7 Å². The number of para-hydroxylation sites is 1. The van der Waals surface area contributed by atoms with Crippen LogP contribution in [0.15, 0.2) is 42.5 Å². The Morgan fingerprint density at radius 2 is 1.77 bits per heavy atom. The maximum atomic E-state index is 13.8. The predicted octanol–water partition coefficient (Wildman–Crippen LogP) is 3.82. The van der Waals surface area contributed by atoms with Gasteiger partial charge in [0.1, 0.15) is 6.54 Å². The fraction of sp³-hybridized carbons (Fsp3) is 0.417. The van der Waals surface area contributed by atoms with Crippen molar-refractivity contribution in [3.05, 3.63) is 53.6 Å². The molecule has 2 aromatic rings. The minimum Gasteiger partial charge on any atom is -0.480 e. The molecule has 0 spiro atoms. The minimum absolute atomic E-state index is 0.0345. The van der Waals surface area contributed by atoms with Gasteiger partial charge < -0.3 is 25.0 Å². The maximum Gasteiger partial charge on any atom is 0.322 e. The smallest absolute Gasteiger partial charge is 0.322 e. The lowest BCUT2D eigenvalue weighted by atomic mass is 9.75. The van der Waals surface area contributed by atoms with Crippen LogP contribution in [0.3, 0.4) is 0 Å². The monoisotopic (exact) mass is 425 g/mol. The molecule has 4 rings (SSSR count). The number of aliphatic hydroxyl groups excluding tert-OH is 1. The lowest BCUT2D eigenvalue weighted by molar-refractivity contribution is -0.134. The lowest BCUT2D eigenvalue weighted by Gasteiger charge is -2.32. The molecule has 2 atom stereocenters. The van der Waals surface area contributed by atoms with Crippen molar-refractivity contribution >= 4 is 17.4 Å². The summed E-state index contributed by atoms with van der Waals surface area (Å²) in [5, 5.41) is 23.2. The molecule has 2 aromatic carbocycles. The molecule has 7 nitrogen and oxygen atoms in total. The number of benzene rings is 2. The Morgan fingerprint density at radius 1 is 1.03 bits per heavy atom. The van der Waals surface area contributed by atoms with E-state index in [1.165, 1.54) is 0 Å². The van der Waals surface area contributed by atoms with Gasteiger partial charge in [0.15, 0.2) is 17.3 Å². The number of carbonyl (C=O) groups is 2. The second kappa shape index (κ2) is 9.39. The van der Waals surface area contributed by atoms with E-state index in [4.69, 9.17) is 14.6 Å². The second-order valence-corrected chi connectivity index (χ2v) is 8.14. The number of hydrogen-bond acceptors (Lipinski definition) is 6. The maximum absolute atomic E-state index is 13.8. The largest absolute Gasteiger partial charge is 0.480 e. The Kier molecular flexibility index (Phi) is 6.42. The molecule has 0 radical (unpaired) electrons. The molecular formula is C24H27NO6. The van der Waals surface area contributed by atoms with Crippen molar-refractivity contribution in [3.63, 3.8) is 0 Å². The molecule has 1 aliphatic carbocycles. The fourth-order valence-electron chi connectivity index (χ4n) is 4.55. The summed E-state index contributed by atoms with van der Waals surface area (Å²) >= 11 is 0. The van der Waals surface area contributed by atoms with Crippen LogP contribution in [0.5, 0.6) is 11.5 Å². The number of ketones is 1. The summed E-state index contributed by atoms with van der Waals surface area (Å²) in [7, 11) is 0. The topological polar surface area (TPSA) is 105 Å². The standard InChI is InChI=1S/C24H27NO6/c26-21(27)13-25-18-9-5-4-8-17(18)24(29)22(23(28)15-6-2-1-3-7-15)16-10-11-19-20(12-16)31-14-30-19/h4-5,8-12,15,22-23,25,28H,1-3,6-7,13-14H2,(H,26,27)/t22-,23-/m1/s1. The summed E-state index contributed by atoms with van der Waals surface area (Å²) in [4.78, 5) is 24.8. The number of hydrogen-bond donors (Lipinski definition) is 3. The van der Waals surface area contributed by atoms with Crippen molar-refractivity contribution in [1.82, 2.24) is 0 Å². The Morgan fingerprint density at radius 3 is 2.55 bits per heavy atom. The molecular weight excluding hydrogens is 398 g/mol. The summed E-state index contributed by atoms with van der Waals surface area (Å²) in [5.41, 5.74) is 1.47. The first-order chi connectivity index (χ1) is 15.0. The first kappa shape index (κ1) is 21.2. The molecule has 0 unspecified atom stereocenters. The number of carboxylic acid groups (broad SMARTS) is 1. The van der Waals surface area contributed by atoms with Gasteiger partial charge in [0.2, 0.25) is 6.79 Å². The third-order valence-corrected chi connectivity index (χ3v) is 6.14. The van der Waals surface area contributed by atoms with Gasteiger partial charge in [-0.05, 0) is 48.6 Å². The van der Waals surface area contributed by atoms with Crippen LogP contribution in [0.25, 0.3) is 0 Å². The number of nitrogens with one attached hydrogen (secondary N) is 1. The number of Topliss-reactive ketones (excluding diaryl/α,β-unsaturated/α-hetero) is 1. The van der Waals surface area contributed by atoms with E-state index in [1.54, 1.807) is 42.5 Å². The summed E-state index contributed by atoms with van der Waals surface area (Å²) in [6.07, 6.45) is 4.15. The van der Waals surface area contributed by atoms with Gasteiger partial charge in [-0.3, -0.25) is 9.59 Å². The van der Waals surface area contributed by atoms with Gasteiger partial charge >= 0.3 is 5.97 Å². The summed E-state index contributed by atoms with van der Waals surface area (Å²) in [6.45, 7) is -0.172. The third-order valence-electron chi connectivity index (χ3n) is 6.14. The molecule has 0 saturated heterocycles. The van der Waals surface area contributed by atoms with Crippen LogP contribution in [0.2, 0.25) is 0 Å². The molecule has 1 fully saturated rings. The summed E-state index contributed by atoms with van der Waals surface area (Å²) in [5.74, 6) is -0.839. The van der Waals surface area contributed by atoms with E-state index in [2.05, 4.69) is 5.32 Å². The molecule has 0 amide bonds. The van der Waals surface area contributed by atoms with Gasteiger partial charge in [0.05, 0.1) is 12.0 Å². The van der Waals surface area contributed by atoms with E-state index in [0.717, 1.165) is 32.1 Å². The Balaban J connectivity index is 1.70. The number of aliphatic carboxylic acids is 1. The molecule has 1 saturated carbocycles. The van der Waals surface area contributed by atoms with Gasteiger partial charge in [-0.1, -0.05) is 37.5 Å². The highest BCUT2D eigenvalue weighted by atomic mass is 16.7. The molecule has 1 aliphatic heterocycles. The molecule has 31 heavy (non-hydrogen) atoms. The number of rotatable bonds is 8. The second-order valence-electron chi connectivity index (χ2n) is 8.14. The van der Waals surface area contributed by atoms with Crippen LogP contribution < -0.4 is 14.8 Å². The predicted molar refractivity (Wildman–Crippen MR) is 115 cm³/mol. The highest BCUT2D eigenvalue weighted by Gasteiger charge is 2.36. The zero-order chi connectivity index (χ0) is 21.8. The van der Waals surface area contributed by atoms with Crippen molar-refractivity contribution in [3.8, 4) is 11.5 Å². The Hall–Kier alpha value is -3.06. The van der Waals surface area contributed by atoms with Crippen LogP contribution in [0.4, 0.5) is 5.69 Å². The Labute approximate surface area is 181 Å². The van der Waals surface area contributed by atoms with Crippen molar-refractivity contribution in [2.45, 2.75) is 44.1 Å². The zero-order valence-electron chi connectivity index (χ0n) is 17.3. The number of aliphatic hydroxyl groups is 1. The SMILES string of the molecule is O=C(O)CNc1ccccc1C(=O)[C@H](c1ccc2c(c1)OCO2)[C@H](O)C1CCCCC1. The first-order valence-corrected chi connectivity index (χ1v) is 10.7. The molecule has 3 N–H and O–H groups in total. The van der Waals surface area contributed by atoms with Crippen molar-refractivity contribution in [2.24, 2.45) is 5.92 Å². The number of ether oxygens (including phenoxy) is 2. The average molecular weight is 425 g/mol. The van der Waals surface area contributed by atoms with Crippen LogP contribution in [-0.2, 0) is 4.79 Å². The third kappa shape index (κ3) is 4.66. The van der Waals surface area contributed by atoms with E-state index >= 15 is 0 Å². The van der Waals surface area contributed by atoms with E-state index in [0.29, 0.717) is 28.3 Å². The molecule has 0 aromatic heterocycles. The van der Waals surface area contributed by atoms with Gasteiger partial charge in [0, 0.05) is 11.3 Å². The van der Waals surface area contributed by atoms with E-state index < -0.39 is 18.0 Å². The zero-order valence-corrected chi connectivity index (χ0v) is 17.3. The van der Waals surface area contributed by atoms with E-state index in [9.17, 15) is 14.7 Å². The quantitative estimate of drug-likeness (QED) is 0.552.